The summed E-state index contributed by atoms with van der Waals surface area (Å²) in [6, 6.07) is 11.4. The van der Waals surface area contributed by atoms with E-state index in [0.717, 1.165) is 31.8 Å². The third kappa shape index (κ3) is 2.96. The molecule has 0 radical (unpaired) electrons. The Morgan fingerprint density at radius 1 is 1.36 bits per heavy atom. The molecule has 0 spiro atoms. The van der Waals surface area contributed by atoms with Crippen LogP contribution < -0.4 is 16.4 Å². The maximum Gasteiger partial charge on any atom is 0.244 e. The second-order valence-corrected chi connectivity index (χ2v) is 5.74. The molecule has 6 heteroatoms. The highest BCUT2D eigenvalue weighted by Gasteiger charge is 2.06. The molecule has 1 heterocycles. The number of nitrogen functional groups attached to an aromatic ring is 1. The van der Waals surface area contributed by atoms with Gasteiger partial charge in [-0.1, -0.05) is 6.58 Å². The Balaban J connectivity index is 2.00. The molecule has 5 nitrogen and oxygen atoms in total. The minimum atomic E-state index is -0.240. The highest BCUT2D eigenvalue weighted by Crippen LogP contribution is 2.30. The number of hydrogen-bond acceptors (Lipinski definition) is 5. The van der Waals surface area contributed by atoms with Crippen LogP contribution in [-0.4, -0.2) is 17.6 Å². The van der Waals surface area contributed by atoms with Gasteiger partial charge in [-0.05, 0) is 42.5 Å². The highest BCUT2D eigenvalue weighted by molar-refractivity contribution is 7.21. The molecule has 3 N–H and O–H groups in total. The van der Waals surface area contributed by atoms with Crippen molar-refractivity contribution in [1.82, 2.24) is 10.3 Å². The number of hydrogen-bond donors (Lipinski definition) is 2. The number of fused-ring (bicyclic) bond motifs is 2. The summed E-state index contributed by atoms with van der Waals surface area (Å²) < 4.78 is 1.03. The molecular formula is C16H14N4OS. The molecule has 1 aliphatic carbocycles. The van der Waals surface area contributed by atoms with Gasteiger partial charge >= 0.3 is 0 Å². The van der Waals surface area contributed by atoms with Crippen LogP contribution >= 0.6 is 11.3 Å². The highest BCUT2D eigenvalue weighted by atomic mass is 32.1. The van der Waals surface area contributed by atoms with Crippen LogP contribution in [0.3, 0.4) is 0 Å². The van der Waals surface area contributed by atoms with Crippen LogP contribution in [-0.2, 0) is 4.79 Å². The zero-order valence-corrected chi connectivity index (χ0v) is 12.6. The van der Waals surface area contributed by atoms with E-state index in [1.807, 2.05) is 36.4 Å². The number of nitrogens with two attached hydrogens (primary N) is 1. The first-order chi connectivity index (χ1) is 10.7. The summed E-state index contributed by atoms with van der Waals surface area (Å²) in [7, 11) is 0. The fraction of sp³-hybridized carbons (Fsp3) is 0.0625. The van der Waals surface area contributed by atoms with E-state index in [4.69, 9.17) is 5.73 Å². The Morgan fingerprint density at radius 2 is 2.23 bits per heavy atom. The summed E-state index contributed by atoms with van der Waals surface area (Å²) in [5.74, 6) is -0.240. The Hall–Kier alpha value is -2.73. The smallest absolute Gasteiger partial charge is 0.244 e. The lowest BCUT2D eigenvalue weighted by molar-refractivity contribution is -0.116. The minimum Gasteiger partial charge on any atom is -0.399 e. The predicted molar refractivity (Wildman–Crippen MR) is 89.4 cm³/mol. The molecule has 0 unspecified atom stereocenters. The van der Waals surface area contributed by atoms with Gasteiger partial charge in [0.05, 0.1) is 26.1 Å². The van der Waals surface area contributed by atoms with Crippen molar-refractivity contribution in [2.24, 2.45) is 4.99 Å². The summed E-state index contributed by atoms with van der Waals surface area (Å²) in [5, 5.41) is 3.40. The van der Waals surface area contributed by atoms with E-state index in [2.05, 4.69) is 21.9 Å². The molecule has 0 saturated carbocycles. The molecular weight excluding hydrogens is 296 g/mol. The van der Waals surface area contributed by atoms with E-state index < -0.39 is 0 Å². The van der Waals surface area contributed by atoms with E-state index >= 15 is 0 Å². The van der Waals surface area contributed by atoms with Gasteiger partial charge in [0.1, 0.15) is 6.67 Å². The first-order valence-electron chi connectivity index (χ1n) is 6.66. The Kier molecular flexibility index (Phi) is 3.84. The molecule has 110 valence electrons. The molecule has 1 aliphatic heterocycles. The van der Waals surface area contributed by atoms with E-state index in [1.54, 1.807) is 11.3 Å². The molecule has 1 aromatic carbocycles. The Labute approximate surface area is 131 Å². The van der Waals surface area contributed by atoms with Crippen molar-refractivity contribution in [1.29, 1.82) is 0 Å². The lowest BCUT2D eigenvalue weighted by Gasteiger charge is -2.06. The number of benzene rings is 2. The second kappa shape index (κ2) is 5.95. The van der Waals surface area contributed by atoms with Crippen molar-refractivity contribution in [3.8, 4) is 10.6 Å². The lowest BCUT2D eigenvalue weighted by Crippen LogP contribution is -2.22. The molecule has 1 aromatic rings. The van der Waals surface area contributed by atoms with Crippen LogP contribution in [0.4, 0.5) is 5.69 Å². The van der Waals surface area contributed by atoms with Gasteiger partial charge in [0.25, 0.3) is 0 Å². The van der Waals surface area contributed by atoms with E-state index in [0.29, 0.717) is 0 Å². The fourth-order valence-electron chi connectivity index (χ4n) is 2.01. The molecule has 0 atom stereocenters. The van der Waals surface area contributed by atoms with Crippen LogP contribution in [0.2, 0.25) is 0 Å². The molecule has 0 fully saturated rings. The molecule has 22 heavy (non-hydrogen) atoms. The third-order valence-corrected chi connectivity index (χ3v) is 4.18. The number of carbonyl (C=O) groups is 1. The van der Waals surface area contributed by atoms with Gasteiger partial charge < -0.3 is 11.1 Å². The minimum absolute atomic E-state index is 0.217. The Morgan fingerprint density at radius 3 is 3.05 bits per heavy atom. The van der Waals surface area contributed by atoms with Gasteiger partial charge in [-0.15, -0.1) is 11.3 Å². The average Bonchev–Trinajstić information content (AvgIpc) is 2.52. The fourth-order valence-corrected chi connectivity index (χ4v) is 3.06. The van der Waals surface area contributed by atoms with Gasteiger partial charge in [-0.25, -0.2) is 4.98 Å². The molecule has 2 aliphatic rings. The SMILES string of the molecule is C=CC(=O)NC/N=c1/ccc2nc3ccc(N)cc3sc-2c1. The monoisotopic (exact) mass is 310 g/mol. The average molecular weight is 310 g/mol. The number of carbonyl (C=O) groups excluding carboxylic acids is 1. The van der Waals surface area contributed by atoms with Crippen LogP contribution in [0.1, 0.15) is 0 Å². The van der Waals surface area contributed by atoms with E-state index in [-0.39, 0.29) is 12.6 Å². The summed E-state index contributed by atoms with van der Waals surface area (Å²) in [5.41, 5.74) is 8.38. The summed E-state index contributed by atoms with van der Waals surface area (Å²) >= 11 is 1.62. The number of anilines is 1. The normalized spacial score (nSPS) is 11.7. The topological polar surface area (TPSA) is 80.4 Å². The first-order valence-corrected chi connectivity index (χ1v) is 7.48. The van der Waals surface area contributed by atoms with Crippen molar-refractivity contribution in [3.63, 3.8) is 0 Å². The number of rotatable bonds is 3. The van der Waals surface area contributed by atoms with Gasteiger partial charge in [-0.3, -0.25) is 9.79 Å². The number of aromatic nitrogens is 1. The zero-order valence-electron chi connectivity index (χ0n) is 11.7. The summed E-state index contributed by atoms with van der Waals surface area (Å²) in [4.78, 5) is 21.0. The molecule has 0 aromatic heterocycles. The summed E-state index contributed by atoms with van der Waals surface area (Å²) in [6.45, 7) is 3.61. The van der Waals surface area contributed by atoms with E-state index in [9.17, 15) is 4.79 Å². The molecule has 1 amide bonds. The Bertz CT molecular complexity index is 900. The molecule has 0 bridgehead atoms. The second-order valence-electron chi connectivity index (χ2n) is 4.65. The summed E-state index contributed by atoms with van der Waals surface area (Å²) in [6.07, 6.45) is 1.22. The number of nitrogens with zero attached hydrogens (tertiary/aromatic N) is 2. The zero-order chi connectivity index (χ0) is 15.5. The van der Waals surface area contributed by atoms with Gasteiger partial charge in [0, 0.05) is 5.69 Å². The number of amides is 1. The third-order valence-electron chi connectivity index (χ3n) is 3.09. The molecule has 0 saturated heterocycles. The lowest BCUT2D eigenvalue weighted by atomic mass is 10.2. The predicted octanol–water partition coefficient (Wildman–Crippen LogP) is 2.14. The van der Waals surface area contributed by atoms with Crippen molar-refractivity contribution in [3.05, 3.63) is 54.4 Å². The van der Waals surface area contributed by atoms with E-state index in [1.165, 1.54) is 6.08 Å². The largest absolute Gasteiger partial charge is 0.399 e. The van der Waals surface area contributed by atoms with Crippen molar-refractivity contribution in [2.45, 2.75) is 0 Å². The van der Waals surface area contributed by atoms with Crippen molar-refractivity contribution >= 4 is 33.1 Å². The van der Waals surface area contributed by atoms with Crippen LogP contribution in [0.15, 0.2) is 54.0 Å². The molecule has 3 rings (SSSR count). The van der Waals surface area contributed by atoms with Crippen molar-refractivity contribution < 1.29 is 4.79 Å². The standard InChI is InChI=1S/C16H14N4OS/c1-2-16(21)19-9-18-11-4-6-13-15(8-11)22-14-7-10(17)3-5-12(14)20-13/h2-8H,1,9,17H2,(H,19,21)/b18-11-. The first kappa shape index (κ1) is 14.2. The maximum absolute atomic E-state index is 11.1. The van der Waals surface area contributed by atoms with Crippen molar-refractivity contribution in [2.75, 3.05) is 12.4 Å². The quantitative estimate of drug-likeness (QED) is 0.442. The number of nitrogens with one attached hydrogen (secondary N) is 1. The van der Waals surface area contributed by atoms with Gasteiger partial charge in [0.15, 0.2) is 0 Å². The van der Waals surface area contributed by atoms with Crippen LogP contribution in [0, 0.1) is 0 Å². The van der Waals surface area contributed by atoms with Gasteiger partial charge in [-0.2, -0.15) is 0 Å². The van der Waals surface area contributed by atoms with Gasteiger partial charge in [0.2, 0.25) is 5.91 Å². The maximum atomic E-state index is 11.1. The van der Waals surface area contributed by atoms with Crippen LogP contribution in [0.5, 0.6) is 0 Å². The van der Waals surface area contributed by atoms with Crippen LogP contribution in [0.25, 0.3) is 20.8 Å².